The van der Waals surface area contributed by atoms with Crippen molar-refractivity contribution in [3.8, 4) is 0 Å². The number of carbonyl (C=O) groups excluding carboxylic acids is 3. The lowest BCUT2D eigenvalue weighted by Gasteiger charge is -2.35. The van der Waals surface area contributed by atoms with E-state index in [1.807, 2.05) is 12.3 Å². The monoisotopic (exact) mass is 347 g/mol. The van der Waals surface area contributed by atoms with Crippen molar-refractivity contribution in [1.29, 1.82) is 0 Å². The van der Waals surface area contributed by atoms with E-state index in [0.29, 0.717) is 25.9 Å². The van der Waals surface area contributed by atoms with Crippen molar-refractivity contribution in [2.45, 2.75) is 50.6 Å². The summed E-state index contributed by atoms with van der Waals surface area (Å²) in [6.07, 6.45) is 8.66. The molecule has 3 rings (SSSR count). The molecule has 1 aromatic heterocycles. The van der Waals surface area contributed by atoms with Crippen molar-refractivity contribution in [3.05, 3.63) is 18.5 Å². The van der Waals surface area contributed by atoms with E-state index in [1.165, 1.54) is 0 Å². The van der Waals surface area contributed by atoms with Crippen molar-refractivity contribution in [1.82, 2.24) is 24.9 Å². The maximum absolute atomic E-state index is 12.8. The number of hydrogen-bond donors (Lipinski definition) is 1. The summed E-state index contributed by atoms with van der Waals surface area (Å²) in [5.74, 6) is -0.519. The van der Waals surface area contributed by atoms with Crippen LogP contribution >= 0.6 is 0 Å². The van der Waals surface area contributed by atoms with E-state index >= 15 is 0 Å². The largest absolute Gasteiger partial charge is 0.354 e. The molecule has 1 aromatic rings. The van der Waals surface area contributed by atoms with Crippen molar-refractivity contribution in [2.75, 3.05) is 20.1 Å². The zero-order valence-corrected chi connectivity index (χ0v) is 14.6. The number of urea groups is 1. The van der Waals surface area contributed by atoms with Gasteiger partial charge in [-0.2, -0.15) is 5.10 Å². The standard InChI is InChI=1S/C17H25N5O3/c1-20-16(25)22(15(24)17(20)7-3-2-4-8-17)13-14(23)18-9-5-11-21-12-6-10-19-21/h6,10,12H,2-5,7-9,11,13H2,1H3,(H,18,23). The summed E-state index contributed by atoms with van der Waals surface area (Å²) in [7, 11) is 1.67. The maximum atomic E-state index is 12.8. The Kier molecular flexibility index (Phi) is 5.06. The molecule has 1 spiro atoms. The molecule has 25 heavy (non-hydrogen) atoms. The second kappa shape index (κ2) is 7.25. The number of nitrogens with one attached hydrogen (secondary N) is 1. The number of aryl methyl sites for hydroxylation is 1. The fourth-order valence-corrected chi connectivity index (χ4v) is 3.77. The fraction of sp³-hybridized carbons (Fsp3) is 0.647. The van der Waals surface area contributed by atoms with Gasteiger partial charge in [-0.1, -0.05) is 19.3 Å². The molecule has 0 unspecified atom stereocenters. The van der Waals surface area contributed by atoms with Gasteiger partial charge in [0.1, 0.15) is 12.1 Å². The summed E-state index contributed by atoms with van der Waals surface area (Å²) >= 11 is 0. The molecule has 8 nitrogen and oxygen atoms in total. The molecule has 2 aliphatic rings. The van der Waals surface area contributed by atoms with E-state index in [1.54, 1.807) is 22.8 Å². The van der Waals surface area contributed by atoms with Gasteiger partial charge >= 0.3 is 6.03 Å². The predicted molar refractivity (Wildman–Crippen MR) is 90.5 cm³/mol. The average Bonchev–Trinajstić information content (AvgIpc) is 3.20. The van der Waals surface area contributed by atoms with E-state index in [-0.39, 0.29) is 24.4 Å². The Morgan fingerprint density at radius 2 is 2.04 bits per heavy atom. The summed E-state index contributed by atoms with van der Waals surface area (Å²) < 4.78 is 1.79. The summed E-state index contributed by atoms with van der Waals surface area (Å²) in [4.78, 5) is 40.0. The first-order valence-electron chi connectivity index (χ1n) is 8.88. The first-order chi connectivity index (χ1) is 12.0. The van der Waals surface area contributed by atoms with Gasteiger partial charge in [0.2, 0.25) is 5.91 Å². The molecule has 2 fully saturated rings. The van der Waals surface area contributed by atoms with Crippen molar-refractivity contribution in [2.24, 2.45) is 0 Å². The fourth-order valence-electron chi connectivity index (χ4n) is 3.77. The van der Waals surface area contributed by atoms with Crippen molar-refractivity contribution in [3.63, 3.8) is 0 Å². The lowest BCUT2D eigenvalue weighted by atomic mass is 9.81. The van der Waals surface area contributed by atoms with Crippen LogP contribution in [0, 0.1) is 0 Å². The Morgan fingerprint density at radius 1 is 1.28 bits per heavy atom. The molecular weight excluding hydrogens is 322 g/mol. The SMILES string of the molecule is CN1C(=O)N(CC(=O)NCCCn2cccn2)C(=O)C12CCCCC2. The molecule has 1 saturated heterocycles. The Bertz CT molecular complexity index is 637. The lowest BCUT2D eigenvalue weighted by molar-refractivity contribution is -0.137. The van der Waals surface area contributed by atoms with Crippen LogP contribution in [0.15, 0.2) is 18.5 Å². The zero-order chi connectivity index (χ0) is 17.9. The number of rotatable bonds is 6. The van der Waals surface area contributed by atoms with Gasteiger partial charge in [-0.15, -0.1) is 0 Å². The van der Waals surface area contributed by atoms with E-state index in [4.69, 9.17) is 0 Å². The van der Waals surface area contributed by atoms with Crippen LogP contribution in [-0.2, 0) is 16.1 Å². The zero-order valence-electron chi connectivity index (χ0n) is 14.6. The number of aromatic nitrogens is 2. The third kappa shape index (κ3) is 3.38. The quantitative estimate of drug-likeness (QED) is 0.614. The molecule has 1 aliphatic carbocycles. The van der Waals surface area contributed by atoms with Gasteiger partial charge in [0.15, 0.2) is 0 Å². The summed E-state index contributed by atoms with van der Waals surface area (Å²) in [5, 5.41) is 6.87. The molecule has 4 amide bonds. The van der Waals surface area contributed by atoms with Crippen LogP contribution in [-0.4, -0.2) is 63.1 Å². The predicted octanol–water partition coefficient (Wildman–Crippen LogP) is 0.986. The van der Waals surface area contributed by atoms with Crippen LogP contribution in [0.5, 0.6) is 0 Å². The van der Waals surface area contributed by atoms with Gasteiger partial charge in [-0.3, -0.25) is 19.2 Å². The molecule has 1 saturated carbocycles. The van der Waals surface area contributed by atoms with Gasteiger partial charge in [0.25, 0.3) is 5.91 Å². The number of amides is 4. The smallest absolute Gasteiger partial charge is 0.327 e. The number of imide groups is 1. The third-order valence-electron chi connectivity index (χ3n) is 5.23. The highest BCUT2D eigenvalue weighted by atomic mass is 16.2. The summed E-state index contributed by atoms with van der Waals surface area (Å²) in [6, 6.07) is 1.49. The maximum Gasteiger partial charge on any atom is 0.327 e. The Morgan fingerprint density at radius 3 is 2.72 bits per heavy atom. The molecule has 0 aromatic carbocycles. The Labute approximate surface area is 147 Å². The van der Waals surface area contributed by atoms with E-state index < -0.39 is 5.54 Å². The average molecular weight is 347 g/mol. The van der Waals surface area contributed by atoms with E-state index in [2.05, 4.69) is 10.4 Å². The molecule has 1 N–H and O–H groups in total. The van der Waals surface area contributed by atoms with E-state index in [9.17, 15) is 14.4 Å². The second-order valence-corrected chi connectivity index (χ2v) is 6.80. The minimum Gasteiger partial charge on any atom is -0.354 e. The molecule has 136 valence electrons. The molecule has 1 aliphatic heterocycles. The molecule has 0 radical (unpaired) electrons. The van der Waals surface area contributed by atoms with Crippen LogP contribution in [0.3, 0.4) is 0 Å². The molecular formula is C17H25N5O3. The van der Waals surface area contributed by atoms with Gasteiger partial charge < -0.3 is 10.2 Å². The molecule has 2 heterocycles. The van der Waals surface area contributed by atoms with Gasteiger partial charge in [0.05, 0.1) is 0 Å². The number of nitrogens with zero attached hydrogens (tertiary/aromatic N) is 4. The third-order valence-corrected chi connectivity index (χ3v) is 5.23. The minimum atomic E-state index is -0.726. The molecule has 0 atom stereocenters. The van der Waals surface area contributed by atoms with Gasteiger partial charge in [0, 0.05) is 32.5 Å². The first-order valence-corrected chi connectivity index (χ1v) is 8.88. The van der Waals surface area contributed by atoms with Gasteiger partial charge in [-0.05, 0) is 25.3 Å². The van der Waals surface area contributed by atoms with E-state index in [0.717, 1.165) is 30.6 Å². The summed E-state index contributed by atoms with van der Waals surface area (Å²) in [6.45, 7) is 0.988. The molecule has 0 bridgehead atoms. The Hall–Kier alpha value is -2.38. The van der Waals surface area contributed by atoms with Crippen LogP contribution in [0.4, 0.5) is 4.79 Å². The number of carbonyl (C=O) groups is 3. The number of hydrogen-bond acceptors (Lipinski definition) is 4. The highest BCUT2D eigenvalue weighted by Gasteiger charge is 2.55. The van der Waals surface area contributed by atoms with Crippen LogP contribution in [0.25, 0.3) is 0 Å². The topological polar surface area (TPSA) is 87.5 Å². The van der Waals surface area contributed by atoms with Crippen LogP contribution in [0.1, 0.15) is 38.5 Å². The van der Waals surface area contributed by atoms with Crippen molar-refractivity contribution < 1.29 is 14.4 Å². The molecule has 8 heteroatoms. The highest BCUT2D eigenvalue weighted by molar-refractivity contribution is 6.08. The highest BCUT2D eigenvalue weighted by Crippen LogP contribution is 2.39. The number of likely N-dealkylation sites (N-methyl/N-ethyl adjacent to an activating group) is 1. The lowest BCUT2D eigenvalue weighted by Crippen LogP contribution is -2.49. The van der Waals surface area contributed by atoms with Crippen LogP contribution in [0.2, 0.25) is 0 Å². The Balaban J connectivity index is 1.50. The first kappa shape index (κ1) is 17.4. The normalized spacial score (nSPS) is 19.7. The van der Waals surface area contributed by atoms with Crippen LogP contribution < -0.4 is 5.32 Å². The minimum absolute atomic E-state index is 0.203. The second-order valence-electron chi connectivity index (χ2n) is 6.80. The van der Waals surface area contributed by atoms with Gasteiger partial charge in [-0.25, -0.2) is 4.79 Å². The summed E-state index contributed by atoms with van der Waals surface area (Å²) in [5.41, 5.74) is -0.726. The van der Waals surface area contributed by atoms with Crippen molar-refractivity contribution >= 4 is 17.8 Å².